The zero-order chi connectivity index (χ0) is 15.5. The normalized spacial score (nSPS) is 21.7. The molecular weight excluding hydrogens is 276 g/mol. The molecule has 22 heavy (non-hydrogen) atoms. The summed E-state index contributed by atoms with van der Waals surface area (Å²) in [5.74, 6) is 0.673. The smallest absolute Gasteiger partial charge is 0.251 e. The average molecular weight is 300 g/mol. The SMILES string of the molecule is CCN1CCC[C@H](CNC(=O)c2cccc3c2CCC3=O)C1. The van der Waals surface area contributed by atoms with Crippen LogP contribution in [0.4, 0.5) is 0 Å². The molecule has 1 saturated heterocycles. The molecule has 0 saturated carbocycles. The van der Waals surface area contributed by atoms with E-state index < -0.39 is 0 Å². The topological polar surface area (TPSA) is 49.4 Å². The Labute approximate surface area is 131 Å². The average Bonchev–Trinajstić information content (AvgIpc) is 2.94. The van der Waals surface area contributed by atoms with Gasteiger partial charge in [0.1, 0.15) is 0 Å². The van der Waals surface area contributed by atoms with Crippen molar-refractivity contribution in [3.63, 3.8) is 0 Å². The van der Waals surface area contributed by atoms with Gasteiger partial charge in [-0.2, -0.15) is 0 Å². The van der Waals surface area contributed by atoms with Crippen molar-refractivity contribution in [3.05, 3.63) is 34.9 Å². The Balaban J connectivity index is 1.62. The van der Waals surface area contributed by atoms with Crippen LogP contribution in [0.3, 0.4) is 0 Å². The third kappa shape index (κ3) is 3.07. The van der Waals surface area contributed by atoms with Crippen molar-refractivity contribution in [2.75, 3.05) is 26.2 Å². The third-order valence-corrected chi connectivity index (χ3v) is 4.92. The second-order valence-corrected chi connectivity index (χ2v) is 6.37. The Morgan fingerprint density at radius 3 is 3.05 bits per heavy atom. The van der Waals surface area contributed by atoms with Crippen LogP contribution in [0.2, 0.25) is 0 Å². The van der Waals surface area contributed by atoms with Gasteiger partial charge < -0.3 is 10.2 Å². The summed E-state index contributed by atoms with van der Waals surface area (Å²) >= 11 is 0. The standard InChI is InChI=1S/C18H24N2O2/c1-2-20-10-4-5-13(12-20)11-19-18(22)16-7-3-6-15-14(16)8-9-17(15)21/h3,6-7,13H,2,4-5,8-12H2,1H3,(H,19,22)/t13-/m1/s1. The zero-order valence-electron chi connectivity index (χ0n) is 13.2. The second kappa shape index (κ2) is 6.61. The highest BCUT2D eigenvalue weighted by Crippen LogP contribution is 2.25. The molecule has 0 spiro atoms. The molecule has 2 aliphatic rings. The summed E-state index contributed by atoms with van der Waals surface area (Å²) in [4.78, 5) is 26.7. The van der Waals surface area contributed by atoms with Gasteiger partial charge in [-0.15, -0.1) is 0 Å². The highest BCUT2D eigenvalue weighted by molar-refractivity contribution is 6.05. The van der Waals surface area contributed by atoms with Crippen LogP contribution >= 0.6 is 0 Å². The van der Waals surface area contributed by atoms with Gasteiger partial charge in [0.05, 0.1) is 0 Å². The summed E-state index contributed by atoms with van der Waals surface area (Å²) in [6.45, 7) is 6.24. The number of ketones is 1. The van der Waals surface area contributed by atoms with Crippen LogP contribution in [0, 0.1) is 5.92 Å². The monoisotopic (exact) mass is 300 g/mol. The van der Waals surface area contributed by atoms with Crippen molar-refractivity contribution >= 4 is 11.7 Å². The minimum atomic E-state index is -0.0276. The fraction of sp³-hybridized carbons (Fsp3) is 0.556. The Bertz CT molecular complexity index is 582. The van der Waals surface area contributed by atoms with Crippen LogP contribution in [-0.4, -0.2) is 42.8 Å². The van der Waals surface area contributed by atoms with E-state index in [1.807, 2.05) is 18.2 Å². The summed E-state index contributed by atoms with van der Waals surface area (Å²) in [6, 6.07) is 5.49. The summed E-state index contributed by atoms with van der Waals surface area (Å²) in [7, 11) is 0. The van der Waals surface area contributed by atoms with E-state index in [9.17, 15) is 9.59 Å². The molecule has 1 aliphatic heterocycles. The maximum atomic E-state index is 12.5. The number of fused-ring (bicyclic) bond motifs is 1. The fourth-order valence-corrected chi connectivity index (χ4v) is 3.64. The molecule has 1 amide bonds. The van der Waals surface area contributed by atoms with Crippen molar-refractivity contribution in [3.8, 4) is 0 Å². The molecule has 1 fully saturated rings. The molecule has 1 N–H and O–H groups in total. The largest absolute Gasteiger partial charge is 0.352 e. The number of nitrogens with one attached hydrogen (secondary N) is 1. The first-order valence-electron chi connectivity index (χ1n) is 8.34. The molecule has 1 heterocycles. The molecule has 1 aromatic carbocycles. The van der Waals surface area contributed by atoms with Crippen molar-refractivity contribution in [2.45, 2.75) is 32.6 Å². The number of carbonyl (C=O) groups excluding carboxylic acids is 2. The minimum absolute atomic E-state index is 0.0276. The van der Waals surface area contributed by atoms with Gasteiger partial charge in [0.15, 0.2) is 5.78 Å². The van der Waals surface area contributed by atoms with Gasteiger partial charge in [0.2, 0.25) is 0 Å². The lowest BCUT2D eigenvalue weighted by Gasteiger charge is -2.31. The summed E-state index contributed by atoms with van der Waals surface area (Å²) in [5.41, 5.74) is 2.36. The lowest BCUT2D eigenvalue weighted by molar-refractivity contribution is 0.0932. The van der Waals surface area contributed by atoms with Crippen LogP contribution in [0.25, 0.3) is 0 Å². The van der Waals surface area contributed by atoms with Crippen LogP contribution in [0.15, 0.2) is 18.2 Å². The first kappa shape index (κ1) is 15.2. The summed E-state index contributed by atoms with van der Waals surface area (Å²) < 4.78 is 0. The van der Waals surface area contributed by atoms with Crippen LogP contribution in [0.1, 0.15) is 52.5 Å². The number of amides is 1. The minimum Gasteiger partial charge on any atom is -0.352 e. The number of Topliss-reactive ketones (excluding diaryl/α,β-unsaturated/α-hetero) is 1. The van der Waals surface area contributed by atoms with Crippen molar-refractivity contribution in [1.29, 1.82) is 0 Å². The van der Waals surface area contributed by atoms with Gasteiger partial charge in [0, 0.05) is 30.6 Å². The fourth-order valence-electron chi connectivity index (χ4n) is 3.64. The Morgan fingerprint density at radius 2 is 2.23 bits per heavy atom. The van der Waals surface area contributed by atoms with Gasteiger partial charge >= 0.3 is 0 Å². The molecule has 0 bridgehead atoms. The number of hydrogen-bond donors (Lipinski definition) is 1. The quantitative estimate of drug-likeness (QED) is 0.928. The Morgan fingerprint density at radius 1 is 1.36 bits per heavy atom. The number of nitrogens with zero attached hydrogens (tertiary/aromatic N) is 1. The highest BCUT2D eigenvalue weighted by atomic mass is 16.1. The van der Waals surface area contributed by atoms with Gasteiger partial charge in [-0.25, -0.2) is 0 Å². The van der Waals surface area contributed by atoms with E-state index in [0.29, 0.717) is 24.3 Å². The van der Waals surface area contributed by atoms with E-state index in [4.69, 9.17) is 0 Å². The van der Waals surface area contributed by atoms with E-state index in [1.165, 1.54) is 19.4 Å². The molecule has 3 rings (SSSR count). The maximum Gasteiger partial charge on any atom is 0.251 e. The maximum absolute atomic E-state index is 12.5. The number of rotatable bonds is 4. The van der Waals surface area contributed by atoms with E-state index in [1.54, 1.807) is 0 Å². The molecule has 1 atom stereocenters. The molecular formula is C18H24N2O2. The molecule has 0 aromatic heterocycles. The first-order chi connectivity index (χ1) is 10.7. The van der Waals surface area contributed by atoms with Crippen LogP contribution in [-0.2, 0) is 6.42 Å². The summed E-state index contributed by atoms with van der Waals surface area (Å²) in [5, 5.41) is 3.08. The van der Waals surface area contributed by atoms with E-state index >= 15 is 0 Å². The number of hydrogen-bond acceptors (Lipinski definition) is 3. The van der Waals surface area contributed by atoms with Gasteiger partial charge in [0.25, 0.3) is 5.91 Å². The predicted octanol–water partition coefficient (Wildman–Crippen LogP) is 2.28. The predicted molar refractivity (Wildman–Crippen MR) is 86.3 cm³/mol. The molecule has 0 unspecified atom stereocenters. The molecule has 1 aliphatic carbocycles. The number of carbonyl (C=O) groups is 2. The van der Waals surface area contributed by atoms with Crippen LogP contribution < -0.4 is 5.32 Å². The molecule has 4 nitrogen and oxygen atoms in total. The van der Waals surface area contributed by atoms with Crippen molar-refractivity contribution in [1.82, 2.24) is 10.2 Å². The lowest BCUT2D eigenvalue weighted by Crippen LogP contribution is -2.40. The summed E-state index contributed by atoms with van der Waals surface area (Å²) in [6.07, 6.45) is 3.63. The van der Waals surface area contributed by atoms with Crippen LogP contribution in [0.5, 0.6) is 0 Å². The Hall–Kier alpha value is -1.68. The molecule has 0 radical (unpaired) electrons. The zero-order valence-corrected chi connectivity index (χ0v) is 13.2. The molecule has 118 valence electrons. The highest BCUT2D eigenvalue weighted by Gasteiger charge is 2.25. The van der Waals surface area contributed by atoms with Crippen molar-refractivity contribution < 1.29 is 9.59 Å². The van der Waals surface area contributed by atoms with E-state index in [-0.39, 0.29) is 11.7 Å². The molecule has 1 aromatic rings. The van der Waals surface area contributed by atoms with E-state index in [2.05, 4.69) is 17.1 Å². The van der Waals surface area contributed by atoms with E-state index in [0.717, 1.165) is 30.8 Å². The molecule has 4 heteroatoms. The second-order valence-electron chi connectivity index (χ2n) is 6.37. The number of piperidine rings is 1. The number of likely N-dealkylation sites (tertiary alicyclic amines) is 1. The third-order valence-electron chi connectivity index (χ3n) is 4.92. The Kier molecular flexibility index (Phi) is 4.57. The van der Waals surface area contributed by atoms with Crippen molar-refractivity contribution in [2.24, 2.45) is 5.92 Å². The van der Waals surface area contributed by atoms with Gasteiger partial charge in [-0.1, -0.05) is 19.1 Å². The first-order valence-corrected chi connectivity index (χ1v) is 8.34. The van der Waals surface area contributed by atoms with Gasteiger partial charge in [-0.3, -0.25) is 9.59 Å². The lowest BCUT2D eigenvalue weighted by atomic mass is 9.97. The number of benzene rings is 1. The van der Waals surface area contributed by atoms with Gasteiger partial charge in [-0.05, 0) is 49.9 Å².